The summed E-state index contributed by atoms with van der Waals surface area (Å²) in [6.45, 7) is 0.790. The quantitative estimate of drug-likeness (QED) is 0.689. The Kier molecular flexibility index (Phi) is 3.95. The molecule has 1 aliphatic rings. The third-order valence-electron chi connectivity index (χ3n) is 3.77. The van der Waals surface area contributed by atoms with Gasteiger partial charge in [-0.1, -0.05) is 34.5 Å². The van der Waals surface area contributed by atoms with Crippen LogP contribution in [0.4, 0.5) is 0 Å². The van der Waals surface area contributed by atoms with Gasteiger partial charge in [0, 0.05) is 24.0 Å². The summed E-state index contributed by atoms with van der Waals surface area (Å²) in [6, 6.07) is 8.61. The van der Waals surface area contributed by atoms with Gasteiger partial charge >= 0.3 is 0 Å². The molecule has 0 aromatic heterocycles. The summed E-state index contributed by atoms with van der Waals surface area (Å²) in [4.78, 5) is 6.38. The second kappa shape index (κ2) is 5.31. The number of halogens is 1. The van der Waals surface area contributed by atoms with Gasteiger partial charge < -0.3 is 10.6 Å². The van der Waals surface area contributed by atoms with Gasteiger partial charge in [-0.3, -0.25) is 4.99 Å². The average molecular weight is 310 g/mol. The van der Waals surface area contributed by atoms with Gasteiger partial charge in [-0.05, 0) is 30.5 Å². The molecule has 0 aliphatic heterocycles. The van der Waals surface area contributed by atoms with Crippen LogP contribution in [-0.2, 0) is 5.41 Å². The normalized spacial score (nSPS) is 18.3. The Bertz CT molecular complexity index is 433. The van der Waals surface area contributed by atoms with Crippen molar-refractivity contribution in [2.75, 3.05) is 20.6 Å². The van der Waals surface area contributed by atoms with Gasteiger partial charge in [0.1, 0.15) is 0 Å². The zero-order chi connectivity index (χ0) is 13.2. The maximum absolute atomic E-state index is 5.87. The van der Waals surface area contributed by atoms with Crippen molar-refractivity contribution in [3.63, 3.8) is 0 Å². The van der Waals surface area contributed by atoms with E-state index in [0.717, 1.165) is 11.0 Å². The van der Waals surface area contributed by atoms with Crippen LogP contribution in [0, 0.1) is 0 Å². The van der Waals surface area contributed by atoms with E-state index in [4.69, 9.17) is 5.73 Å². The van der Waals surface area contributed by atoms with Crippen molar-refractivity contribution < 1.29 is 0 Å². The molecule has 1 aromatic rings. The van der Waals surface area contributed by atoms with Gasteiger partial charge in [-0.15, -0.1) is 0 Å². The number of nitrogens with zero attached hydrogens (tertiary/aromatic N) is 2. The largest absolute Gasteiger partial charge is 0.370 e. The Labute approximate surface area is 117 Å². The lowest BCUT2D eigenvalue weighted by molar-refractivity contribution is 0.253. The van der Waals surface area contributed by atoms with Crippen LogP contribution in [0.25, 0.3) is 0 Å². The number of hydrogen-bond acceptors (Lipinski definition) is 1. The standard InChI is InChI=1S/C14H20BrN3/c1-18(2)13(16)17-10-14(8-3-9-14)11-4-6-12(15)7-5-11/h4-7H,3,8-10H2,1-2H3,(H2,16,17). The van der Waals surface area contributed by atoms with Crippen molar-refractivity contribution >= 4 is 21.9 Å². The van der Waals surface area contributed by atoms with Crippen LogP contribution in [0.15, 0.2) is 33.7 Å². The van der Waals surface area contributed by atoms with Crippen molar-refractivity contribution in [1.82, 2.24) is 4.90 Å². The van der Waals surface area contributed by atoms with E-state index in [0.29, 0.717) is 5.96 Å². The highest BCUT2D eigenvalue weighted by atomic mass is 79.9. The molecule has 1 fully saturated rings. The molecule has 2 rings (SSSR count). The number of rotatable bonds is 3. The molecule has 0 bridgehead atoms. The summed E-state index contributed by atoms with van der Waals surface area (Å²) in [5.41, 5.74) is 7.46. The number of nitrogens with two attached hydrogens (primary N) is 1. The number of guanidine groups is 1. The number of hydrogen-bond donors (Lipinski definition) is 1. The molecule has 1 saturated carbocycles. The van der Waals surface area contributed by atoms with Gasteiger partial charge in [0.05, 0.1) is 6.54 Å². The maximum atomic E-state index is 5.87. The van der Waals surface area contributed by atoms with Crippen LogP contribution in [0.5, 0.6) is 0 Å². The van der Waals surface area contributed by atoms with Crippen LogP contribution >= 0.6 is 15.9 Å². The second-order valence-electron chi connectivity index (χ2n) is 5.21. The fourth-order valence-corrected chi connectivity index (χ4v) is 2.58. The van der Waals surface area contributed by atoms with E-state index >= 15 is 0 Å². The van der Waals surface area contributed by atoms with Gasteiger partial charge in [0.2, 0.25) is 0 Å². The molecular weight excluding hydrogens is 290 g/mol. The summed E-state index contributed by atoms with van der Waals surface area (Å²) >= 11 is 3.48. The Hall–Kier alpha value is -1.03. The van der Waals surface area contributed by atoms with E-state index < -0.39 is 0 Å². The maximum Gasteiger partial charge on any atom is 0.190 e. The molecule has 3 nitrogen and oxygen atoms in total. The summed E-state index contributed by atoms with van der Waals surface area (Å²) in [7, 11) is 3.85. The van der Waals surface area contributed by atoms with Crippen LogP contribution < -0.4 is 5.73 Å². The van der Waals surface area contributed by atoms with Crippen molar-refractivity contribution in [3.05, 3.63) is 34.3 Å². The third kappa shape index (κ3) is 2.69. The van der Waals surface area contributed by atoms with Crippen LogP contribution in [-0.4, -0.2) is 31.5 Å². The van der Waals surface area contributed by atoms with Crippen molar-refractivity contribution in [2.24, 2.45) is 10.7 Å². The van der Waals surface area contributed by atoms with Gasteiger partial charge in [-0.25, -0.2) is 0 Å². The fourth-order valence-electron chi connectivity index (χ4n) is 2.32. The summed E-state index contributed by atoms with van der Waals surface area (Å²) in [5, 5.41) is 0. The molecule has 2 N–H and O–H groups in total. The Morgan fingerprint density at radius 2 is 1.94 bits per heavy atom. The average Bonchev–Trinajstić information content (AvgIpc) is 2.29. The molecule has 0 unspecified atom stereocenters. The molecule has 0 spiro atoms. The molecule has 0 radical (unpaired) electrons. The molecular formula is C14H20BrN3. The van der Waals surface area contributed by atoms with Crippen LogP contribution in [0.1, 0.15) is 24.8 Å². The summed E-state index contributed by atoms with van der Waals surface area (Å²) in [6.07, 6.45) is 3.70. The lowest BCUT2D eigenvalue weighted by Gasteiger charge is -2.41. The highest BCUT2D eigenvalue weighted by Crippen LogP contribution is 2.44. The zero-order valence-electron chi connectivity index (χ0n) is 11.0. The number of benzene rings is 1. The van der Waals surface area contributed by atoms with E-state index in [2.05, 4.69) is 45.2 Å². The first kappa shape index (κ1) is 13.4. The lowest BCUT2D eigenvalue weighted by atomic mass is 9.64. The van der Waals surface area contributed by atoms with Crippen molar-refractivity contribution in [1.29, 1.82) is 0 Å². The highest BCUT2D eigenvalue weighted by molar-refractivity contribution is 9.10. The molecule has 0 saturated heterocycles. The van der Waals surface area contributed by atoms with Gasteiger partial charge in [-0.2, -0.15) is 0 Å². The Morgan fingerprint density at radius 1 is 1.33 bits per heavy atom. The minimum Gasteiger partial charge on any atom is -0.370 e. The van der Waals surface area contributed by atoms with E-state index in [9.17, 15) is 0 Å². The zero-order valence-corrected chi connectivity index (χ0v) is 12.6. The molecule has 18 heavy (non-hydrogen) atoms. The Balaban J connectivity index is 2.16. The van der Waals surface area contributed by atoms with Crippen LogP contribution in [0.3, 0.4) is 0 Å². The van der Waals surface area contributed by atoms with Gasteiger partial charge in [0.25, 0.3) is 0 Å². The van der Waals surface area contributed by atoms with E-state index in [-0.39, 0.29) is 5.41 Å². The third-order valence-corrected chi connectivity index (χ3v) is 4.30. The first-order valence-electron chi connectivity index (χ1n) is 6.27. The summed E-state index contributed by atoms with van der Waals surface area (Å²) in [5.74, 6) is 0.610. The molecule has 4 heteroatoms. The molecule has 1 aromatic carbocycles. The lowest BCUT2D eigenvalue weighted by Crippen LogP contribution is -2.39. The fraction of sp³-hybridized carbons (Fsp3) is 0.500. The predicted molar refractivity (Wildman–Crippen MR) is 79.8 cm³/mol. The molecule has 0 amide bonds. The first-order valence-corrected chi connectivity index (χ1v) is 7.06. The molecule has 0 heterocycles. The monoisotopic (exact) mass is 309 g/mol. The van der Waals surface area contributed by atoms with E-state index in [1.807, 2.05) is 19.0 Å². The predicted octanol–water partition coefficient (Wildman–Crippen LogP) is 2.75. The van der Waals surface area contributed by atoms with Gasteiger partial charge in [0.15, 0.2) is 5.96 Å². The smallest absolute Gasteiger partial charge is 0.190 e. The molecule has 0 atom stereocenters. The Morgan fingerprint density at radius 3 is 2.39 bits per heavy atom. The van der Waals surface area contributed by atoms with Crippen molar-refractivity contribution in [2.45, 2.75) is 24.7 Å². The van der Waals surface area contributed by atoms with E-state index in [1.54, 1.807) is 0 Å². The molecule has 98 valence electrons. The SMILES string of the molecule is CN(C)C(N)=NCC1(c2ccc(Br)cc2)CCC1. The molecule has 1 aliphatic carbocycles. The number of aliphatic imine (C=N–C) groups is 1. The highest BCUT2D eigenvalue weighted by Gasteiger charge is 2.38. The minimum absolute atomic E-state index is 0.210. The first-order chi connectivity index (χ1) is 8.53. The minimum atomic E-state index is 0.210. The summed E-state index contributed by atoms with van der Waals surface area (Å²) < 4.78 is 1.12. The van der Waals surface area contributed by atoms with Crippen LogP contribution in [0.2, 0.25) is 0 Å². The topological polar surface area (TPSA) is 41.6 Å². The second-order valence-corrected chi connectivity index (χ2v) is 6.13. The van der Waals surface area contributed by atoms with E-state index in [1.165, 1.54) is 24.8 Å². The van der Waals surface area contributed by atoms with Crippen molar-refractivity contribution in [3.8, 4) is 0 Å².